The number of methoxy groups -OCH3 is 1. The second-order valence-corrected chi connectivity index (χ2v) is 10.1. The van der Waals surface area contributed by atoms with E-state index >= 15 is 0 Å². The maximum atomic E-state index is 13.0. The molecule has 0 saturated heterocycles. The van der Waals surface area contributed by atoms with Crippen LogP contribution in [0, 0.1) is 11.1 Å². The van der Waals surface area contributed by atoms with Crippen LogP contribution >= 0.6 is 0 Å². The first kappa shape index (κ1) is 22.7. The van der Waals surface area contributed by atoms with Gasteiger partial charge in [0.15, 0.2) is 5.69 Å². The maximum Gasteiger partial charge on any atom is 0.321 e. The SMILES string of the molecule is COc1cc2nn(C3CCC(O)(C4CC4)CC3)cc2cc1NC(=O)c1cccc(C(C)C)[n+]1[O-]. The minimum atomic E-state index is -0.491. The lowest BCUT2D eigenvalue weighted by Gasteiger charge is -2.36. The zero-order valence-electron chi connectivity index (χ0n) is 20.0. The van der Waals surface area contributed by atoms with Crippen molar-refractivity contribution in [2.75, 3.05) is 12.4 Å². The fourth-order valence-corrected chi connectivity index (χ4v) is 5.21. The molecule has 8 nitrogen and oxygen atoms in total. The van der Waals surface area contributed by atoms with Crippen molar-refractivity contribution in [3.63, 3.8) is 0 Å². The molecule has 0 spiro atoms. The number of hydrogen-bond acceptors (Lipinski definition) is 5. The number of aromatic nitrogens is 3. The number of pyridine rings is 1. The molecule has 2 fully saturated rings. The monoisotopic (exact) mass is 464 g/mol. The summed E-state index contributed by atoms with van der Waals surface area (Å²) in [5.41, 5.74) is 1.35. The quantitative estimate of drug-likeness (QED) is 0.418. The maximum absolute atomic E-state index is 13.0. The Bertz CT molecular complexity index is 1220. The standard InChI is InChI=1S/C26H32N4O4/c1-16(2)22-5-4-6-23(30(22)33)25(31)27-21-13-17-15-29(28-20(17)14-24(21)34-3)19-9-11-26(32,12-10-19)18-7-8-18/h4-6,13-16,18-19,32H,7-12H2,1-3H3,(H,27,31). The summed E-state index contributed by atoms with van der Waals surface area (Å²) < 4.78 is 8.19. The first-order chi connectivity index (χ1) is 16.3. The summed E-state index contributed by atoms with van der Waals surface area (Å²) in [6, 6.07) is 8.85. The van der Waals surface area contributed by atoms with Crippen LogP contribution in [0.25, 0.3) is 10.9 Å². The predicted octanol–water partition coefficient (Wildman–Crippen LogP) is 4.31. The van der Waals surface area contributed by atoms with Crippen LogP contribution < -0.4 is 14.8 Å². The number of hydrogen-bond donors (Lipinski definition) is 2. The van der Waals surface area contributed by atoms with Crippen LogP contribution in [-0.2, 0) is 0 Å². The van der Waals surface area contributed by atoms with E-state index in [2.05, 4.69) is 5.32 Å². The number of carbonyl (C=O) groups is 1. The van der Waals surface area contributed by atoms with Gasteiger partial charge in [-0.3, -0.25) is 9.48 Å². The van der Waals surface area contributed by atoms with Gasteiger partial charge >= 0.3 is 5.91 Å². The molecule has 34 heavy (non-hydrogen) atoms. The van der Waals surface area contributed by atoms with Crippen molar-refractivity contribution in [3.8, 4) is 5.75 Å². The van der Waals surface area contributed by atoms with Crippen molar-refractivity contribution in [1.82, 2.24) is 9.78 Å². The van der Waals surface area contributed by atoms with Gasteiger partial charge in [-0.15, -0.1) is 0 Å². The summed E-state index contributed by atoms with van der Waals surface area (Å²) in [7, 11) is 1.54. The molecule has 0 bridgehead atoms. The molecule has 2 heterocycles. The van der Waals surface area contributed by atoms with Crippen molar-refractivity contribution in [2.45, 2.75) is 69.9 Å². The highest BCUT2D eigenvalue weighted by molar-refractivity contribution is 6.04. The summed E-state index contributed by atoms with van der Waals surface area (Å²) in [6.45, 7) is 3.83. The molecule has 8 heteroatoms. The molecular formula is C26H32N4O4. The highest BCUT2D eigenvalue weighted by atomic mass is 16.5. The normalized spacial score (nSPS) is 22.8. The van der Waals surface area contributed by atoms with Crippen molar-refractivity contribution in [2.24, 2.45) is 5.92 Å². The van der Waals surface area contributed by atoms with Crippen molar-refractivity contribution < 1.29 is 19.4 Å². The highest BCUT2D eigenvalue weighted by Gasteiger charge is 2.45. The van der Waals surface area contributed by atoms with E-state index in [1.807, 2.05) is 30.8 Å². The molecular weight excluding hydrogens is 432 g/mol. The number of anilines is 1. The summed E-state index contributed by atoms with van der Waals surface area (Å²) in [5, 5.41) is 32.0. The number of nitrogens with one attached hydrogen (secondary N) is 1. The third kappa shape index (κ3) is 4.11. The van der Waals surface area contributed by atoms with Crippen molar-refractivity contribution in [3.05, 3.63) is 53.1 Å². The van der Waals surface area contributed by atoms with Gasteiger partial charge in [0.05, 0.1) is 30.0 Å². The van der Waals surface area contributed by atoms with Gasteiger partial charge in [-0.05, 0) is 56.6 Å². The topological polar surface area (TPSA) is 103 Å². The predicted molar refractivity (Wildman–Crippen MR) is 129 cm³/mol. The van der Waals surface area contributed by atoms with E-state index in [9.17, 15) is 15.1 Å². The number of nitrogens with zero attached hydrogens (tertiary/aromatic N) is 3. The largest absolute Gasteiger partial charge is 0.618 e. The Morgan fingerprint density at radius 1 is 1.26 bits per heavy atom. The number of ether oxygens (including phenoxy) is 1. The Balaban J connectivity index is 1.38. The molecule has 1 aromatic carbocycles. The fourth-order valence-electron chi connectivity index (χ4n) is 5.21. The van der Waals surface area contributed by atoms with Crippen LogP contribution in [0.1, 0.15) is 80.5 Å². The molecule has 2 N–H and O–H groups in total. The molecule has 0 radical (unpaired) electrons. The van der Waals surface area contributed by atoms with Crippen LogP contribution in [0.5, 0.6) is 5.75 Å². The van der Waals surface area contributed by atoms with Gasteiger partial charge in [0, 0.05) is 35.7 Å². The van der Waals surface area contributed by atoms with Crippen molar-refractivity contribution >= 4 is 22.5 Å². The average Bonchev–Trinajstić information content (AvgIpc) is 3.60. The molecule has 5 rings (SSSR count). The molecule has 180 valence electrons. The molecule has 1 amide bonds. The first-order valence-electron chi connectivity index (χ1n) is 12.1. The summed E-state index contributed by atoms with van der Waals surface area (Å²) in [6.07, 6.45) is 7.71. The summed E-state index contributed by atoms with van der Waals surface area (Å²) >= 11 is 0. The van der Waals surface area contributed by atoms with Gasteiger partial charge in [-0.1, -0.05) is 13.8 Å². The molecule has 0 aliphatic heterocycles. The third-order valence-electron chi connectivity index (χ3n) is 7.42. The van der Waals surface area contributed by atoms with E-state index in [-0.39, 0.29) is 17.7 Å². The van der Waals surface area contributed by atoms with E-state index < -0.39 is 11.5 Å². The van der Waals surface area contributed by atoms with Crippen LogP contribution in [-0.4, -0.2) is 33.5 Å². The Morgan fingerprint density at radius 3 is 2.65 bits per heavy atom. The lowest BCUT2D eigenvalue weighted by Crippen LogP contribution is -2.41. The molecule has 3 aromatic rings. The Kier molecular flexibility index (Phi) is 5.72. The number of carbonyl (C=O) groups excluding carboxylic acids is 1. The number of fused-ring (bicyclic) bond motifs is 1. The van der Waals surface area contributed by atoms with Gasteiger partial charge in [0.2, 0.25) is 0 Å². The molecule has 0 unspecified atom stereocenters. The zero-order chi connectivity index (χ0) is 24.0. The average molecular weight is 465 g/mol. The lowest BCUT2D eigenvalue weighted by atomic mass is 9.79. The van der Waals surface area contributed by atoms with Gasteiger partial charge in [-0.2, -0.15) is 9.83 Å². The minimum absolute atomic E-state index is 0.00188. The second kappa shape index (κ2) is 8.58. The Morgan fingerprint density at radius 2 is 2.00 bits per heavy atom. The summed E-state index contributed by atoms with van der Waals surface area (Å²) in [5.74, 6) is 0.473. The third-order valence-corrected chi connectivity index (χ3v) is 7.42. The van der Waals surface area contributed by atoms with Gasteiger partial charge in [0.1, 0.15) is 5.75 Å². The number of rotatable bonds is 6. The van der Waals surface area contributed by atoms with E-state index in [4.69, 9.17) is 9.84 Å². The molecule has 2 aromatic heterocycles. The number of benzene rings is 1. The second-order valence-electron chi connectivity index (χ2n) is 10.1. The van der Waals surface area contributed by atoms with Crippen LogP contribution in [0.3, 0.4) is 0 Å². The molecule has 2 aliphatic carbocycles. The van der Waals surface area contributed by atoms with Crippen LogP contribution in [0.2, 0.25) is 0 Å². The number of aliphatic hydroxyl groups is 1. The Hall–Kier alpha value is -3.13. The van der Waals surface area contributed by atoms with E-state index in [1.165, 1.54) is 6.07 Å². The smallest absolute Gasteiger partial charge is 0.321 e. The van der Waals surface area contributed by atoms with Gasteiger partial charge in [-0.25, -0.2) is 0 Å². The van der Waals surface area contributed by atoms with Crippen LogP contribution in [0.4, 0.5) is 5.69 Å². The minimum Gasteiger partial charge on any atom is -0.618 e. The Labute approximate surface area is 199 Å². The first-order valence-corrected chi connectivity index (χ1v) is 12.1. The molecule has 0 atom stereocenters. The van der Waals surface area contributed by atoms with Gasteiger partial charge in [0.25, 0.3) is 5.69 Å². The highest BCUT2D eigenvalue weighted by Crippen LogP contribution is 2.49. The molecule has 2 aliphatic rings. The fraction of sp³-hybridized carbons (Fsp3) is 0.500. The van der Waals surface area contributed by atoms with Crippen molar-refractivity contribution in [1.29, 1.82) is 0 Å². The summed E-state index contributed by atoms with van der Waals surface area (Å²) in [4.78, 5) is 13.0. The van der Waals surface area contributed by atoms with E-state index in [0.29, 0.717) is 27.8 Å². The van der Waals surface area contributed by atoms with Crippen LogP contribution in [0.15, 0.2) is 36.5 Å². The van der Waals surface area contributed by atoms with E-state index in [1.54, 1.807) is 25.3 Å². The van der Waals surface area contributed by atoms with Gasteiger partial charge < -0.3 is 20.4 Å². The van der Waals surface area contributed by atoms with E-state index in [0.717, 1.165) is 49.4 Å². The lowest BCUT2D eigenvalue weighted by molar-refractivity contribution is -0.617. The zero-order valence-corrected chi connectivity index (χ0v) is 20.0. The number of amides is 1. The molecule has 2 saturated carbocycles.